The molecule has 8 heteroatoms. The SMILES string of the molecule is O=C(CCSc1n[nH]c(=O)[nH]c1=O)Nc1ccccc1. The Balaban J connectivity index is 1.82. The number of rotatable bonds is 5. The standard InChI is InChI=1S/C12H12N4O3S/c17-9(13-8-4-2-1-3-5-8)6-7-20-11-10(18)14-12(19)16-15-11/h1-5H,6-7H2,(H,13,17)(H2,14,16,18,19). The molecule has 1 amide bonds. The minimum Gasteiger partial charge on any atom is -0.326 e. The molecule has 2 aromatic rings. The molecular weight excluding hydrogens is 280 g/mol. The van der Waals surface area contributed by atoms with E-state index in [1.165, 1.54) is 0 Å². The third-order valence-corrected chi connectivity index (χ3v) is 3.26. The van der Waals surface area contributed by atoms with Crippen LogP contribution < -0.4 is 16.6 Å². The summed E-state index contributed by atoms with van der Waals surface area (Å²) in [5.41, 5.74) is -0.481. The smallest absolute Gasteiger partial charge is 0.326 e. The molecule has 1 aromatic heterocycles. The Labute approximate surface area is 117 Å². The van der Waals surface area contributed by atoms with Gasteiger partial charge in [0.25, 0.3) is 5.56 Å². The van der Waals surface area contributed by atoms with Crippen molar-refractivity contribution in [3.63, 3.8) is 0 Å². The maximum Gasteiger partial charge on any atom is 0.342 e. The van der Waals surface area contributed by atoms with Gasteiger partial charge >= 0.3 is 5.69 Å². The van der Waals surface area contributed by atoms with Gasteiger partial charge in [0, 0.05) is 17.9 Å². The number of hydrogen-bond acceptors (Lipinski definition) is 5. The van der Waals surface area contributed by atoms with Crippen LogP contribution in [0.3, 0.4) is 0 Å². The fraction of sp³-hybridized carbons (Fsp3) is 0.167. The summed E-state index contributed by atoms with van der Waals surface area (Å²) in [5, 5.41) is 8.62. The second-order valence-corrected chi connectivity index (χ2v) is 4.91. The van der Waals surface area contributed by atoms with Crippen LogP contribution in [0.1, 0.15) is 6.42 Å². The summed E-state index contributed by atoms with van der Waals surface area (Å²) in [5.74, 6) is 0.241. The van der Waals surface area contributed by atoms with Crippen molar-refractivity contribution in [1.29, 1.82) is 0 Å². The average Bonchev–Trinajstić information content (AvgIpc) is 2.42. The van der Waals surface area contributed by atoms with Crippen molar-refractivity contribution in [3.05, 3.63) is 51.2 Å². The summed E-state index contributed by atoms with van der Waals surface area (Å²) in [7, 11) is 0. The number of aromatic amines is 2. The number of hydrogen-bond donors (Lipinski definition) is 3. The van der Waals surface area contributed by atoms with Crippen molar-refractivity contribution in [2.45, 2.75) is 11.4 Å². The van der Waals surface area contributed by atoms with Crippen LogP contribution in [0.15, 0.2) is 44.9 Å². The number of anilines is 1. The maximum absolute atomic E-state index is 11.7. The lowest BCUT2D eigenvalue weighted by Gasteiger charge is -2.04. The van der Waals surface area contributed by atoms with Gasteiger partial charge in [0.1, 0.15) is 0 Å². The zero-order valence-electron chi connectivity index (χ0n) is 10.4. The summed E-state index contributed by atoms with van der Waals surface area (Å²) in [4.78, 5) is 35.8. The normalized spacial score (nSPS) is 10.2. The largest absolute Gasteiger partial charge is 0.342 e. The quantitative estimate of drug-likeness (QED) is 0.699. The third-order valence-electron chi connectivity index (χ3n) is 2.31. The lowest BCUT2D eigenvalue weighted by Crippen LogP contribution is -2.25. The number of carbonyl (C=O) groups excluding carboxylic acids is 1. The van der Waals surface area contributed by atoms with E-state index in [1.807, 2.05) is 18.2 Å². The van der Waals surface area contributed by atoms with Crippen LogP contribution in [-0.4, -0.2) is 26.8 Å². The predicted molar refractivity (Wildman–Crippen MR) is 75.9 cm³/mol. The van der Waals surface area contributed by atoms with E-state index in [9.17, 15) is 14.4 Å². The van der Waals surface area contributed by atoms with Gasteiger partial charge in [-0.15, -0.1) is 0 Å². The molecule has 1 heterocycles. The molecule has 0 aliphatic heterocycles. The molecule has 0 bridgehead atoms. The highest BCUT2D eigenvalue weighted by atomic mass is 32.2. The number of aromatic nitrogens is 3. The van der Waals surface area contributed by atoms with Gasteiger partial charge in [-0.1, -0.05) is 30.0 Å². The van der Waals surface area contributed by atoms with E-state index in [1.54, 1.807) is 12.1 Å². The number of para-hydroxylation sites is 1. The summed E-state index contributed by atoms with van der Waals surface area (Å²) >= 11 is 1.11. The van der Waals surface area contributed by atoms with Gasteiger partial charge in [0.2, 0.25) is 5.91 Å². The van der Waals surface area contributed by atoms with Crippen LogP contribution in [0.4, 0.5) is 5.69 Å². The van der Waals surface area contributed by atoms with Crippen LogP contribution in [0.2, 0.25) is 0 Å². The number of carbonyl (C=O) groups is 1. The van der Waals surface area contributed by atoms with Crippen LogP contribution in [0, 0.1) is 0 Å². The molecule has 0 unspecified atom stereocenters. The molecule has 2 rings (SSSR count). The lowest BCUT2D eigenvalue weighted by molar-refractivity contribution is -0.115. The summed E-state index contributed by atoms with van der Waals surface area (Å²) in [6.07, 6.45) is 0.236. The molecule has 0 aliphatic carbocycles. The number of H-pyrrole nitrogens is 2. The van der Waals surface area contributed by atoms with Crippen LogP contribution in [0.5, 0.6) is 0 Å². The number of amides is 1. The Hall–Kier alpha value is -2.35. The fourth-order valence-electron chi connectivity index (χ4n) is 1.42. The van der Waals surface area contributed by atoms with Gasteiger partial charge < -0.3 is 5.32 Å². The average molecular weight is 292 g/mol. The molecule has 104 valence electrons. The monoisotopic (exact) mass is 292 g/mol. The molecule has 3 N–H and O–H groups in total. The Bertz CT molecular complexity index is 696. The van der Waals surface area contributed by atoms with E-state index in [2.05, 4.69) is 20.5 Å². The molecule has 0 aliphatic rings. The molecule has 0 saturated carbocycles. The molecule has 0 fully saturated rings. The first-order valence-corrected chi connectivity index (χ1v) is 6.80. The number of thioether (sulfide) groups is 1. The summed E-state index contributed by atoms with van der Waals surface area (Å²) in [6.45, 7) is 0. The van der Waals surface area contributed by atoms with Gasteiger partial charge in [-0.2, -0.15) is 5.10 Å². The predicted octanol–water partition coefficient (Wildman–Crippen LogP) is 0.579. The Morgan fingerprint density at radius 3 is 2.70 bits per heavy atom. The second-order valence-electron chi connectivity index (χ2n) is 3.82. The van der Waals surface area contributed by atoms with Gasteiger partial charge in [-0.25, -0.2) is 9.89 Å². The molecule has 0 radical (unpaired) electrons. The molecular formula is C12H12N4O3S. The third kappa shape index (κ3) is 4.09. The number of nitrogens with one attached hydrogen (secondary N) is 3. The van der Waals surface area contributed by atoms with Gasteiger partial charge in [0.05, 0.1) is 0 Å². The van der Waals surface area contributed by atoms with E-state index in [-0.39, 0.29) is 17.4 Å². The van der Waals surface area contributed by atoms with E-state index in [4.69, 9.17) is 0 Å². The molecule has 0 saturated heterocycles. The first-order chi connectivity index (χ1) is 9.65. The number of nitrogens with zero attached hydrogens (tertiary/aromatic N) is 1. The first-order valence-electron chi connectivity index (χ1n) is 5.82. The molecule has 7 nitrogen and oxygen atoms in total. The molecule has 20 heavy (non-hydrogen) atoms. The van der Waals surface area contributed by atoms with E-state index >= 15 is 0 Å². The van der Waals surface area contributed by atoms with Crippen LogP contribution >= 0.6 is 11.8 Å². The topological polar surface area (TPSA) is 108 Å². The van der Waals surface area contributed by atoms with Crippen molar-refractivity contribution in [2.24, 2.45) is 0 Å². The zero-order chi connectivity index (χ0) is 14.4. The van der Waals surface area contributed by atoms with E-state index in [0.717, 1.165) is 17.4 Å². The van der Waals surface area contributed by atoms with E-state index < -0.39 is 11.2 Å². The minimum atomic E-state index is -0.652. The lowest BCUT2D eigenvalue weighted by atomic mass is 10.3. The van der Waals surface area contributed by atoms with Gasteiger partial charge in [-0.3, -0.25) is 14.6 Å². The highest BCUT2D eigenvalue weighted by Crippen LogP contribution is 2.11. The van der Waals surface area contributed by atoms with Crippen molar-refractivity contribution in [2.75, 3.05) is 11.1 Å². The molecule has 0 atom stereocenters. The van der Waals surface area contributed by atoms with Crippen molar-refractivity contribution in [1.82, 2.24) is 15.2 Å². The fourth-order valence-corrected chi connectivity index (χ4v) is 2.19. The van der Waals surface area contributed by atoms with Gasteiger partial charge in [-0.05, 0) is 12.1 Å². The van der Waals surface area contributed by atoms with Gasteiger partial charge in [0.15, 0.2) is 5.03 Å². The highest BCUT2D eigenvalue weighted by Gasteiger charge is 2.06. The minimum absolute atomic E-state index is 0.136. The Morgan fingerprint density at radius 1 is 1.25 bits per heavy atom. The number of benzene rings is 1. The summed E-state index contributed by atoms with van der Waals surface area (Å²) < 4.78 is 0. The second kappa shape index (κ2) is 6.71. The van der Waals surface area contributed by atoms with Crippen molar-refractivity contribution in [3.8, 4) is 0 Å². The van der Waals surface area contributed by atoms with Crippen molar-refractivity contribution >= 4 is 23.4 Å². The van der Waals surface area contributed by atoms with Crippen molar-refractivity contribution < 1.29 is 4.79 Å². The maximum atomic E-state index is 11.7. The Morgan fingerprint density at radius 2 is 2.00 bits per heavy atom. The zero-order valence-corrected chi connectivity index (χ0v) is 11.2. The van der Waals surface area contributed by atoms with Crippen LogP contribution in [0.25, 0.3) is 0 Å². The van der Waals surface area contributed by atoms with E-state index in [0.29, 0.717) is 5.75 Å². The molecule has 1 aromatic carbocycles. The Kier molecular flexibility index (Phi) is 4.72. The highest BCUT2D eigenvalue weighted by molar-refractivity contribution is 7.99. The first kappa shape index (κ1) is 14.1. The molecule has 0 spiro atoms. The summed E-state index contributed by atoms with van der Waals surface area (Å²) in [6, 6.07) is 9.10. The van der Waals surface area contributed by atoms with Crippen LogP contribution in [-0.2, 0) is 4.79 Å².